The van der Waals surface area contributed by atoms with E-state index in [0.717, 1.165) is 0 Å². The Morgan fingerprint density at radius 1 is 1.88 bits per heavy atom. The fourth-order valence-electron chi connectivity index (χ4n) is 0.222. The van der Waals surface area contributed by atoms with Gasteiger partial charge in [0.1, 0.15) is 5.88 Å². The molecule has 0 aliphatic carbocycles. The molecule has 3 heteroatoms. The van der Waals surface area contributed by atoms with Gasteiger partial charge in [0.15, 0.2) is 0 Å². The number of alkyl halides is 1. The van der Waals surface area contributed by atoms with Crippen molar-refractivity contribution in [2.45, 2.75) is 6.92 Å². The van der Waals surface area contributed by atoms with Gasteiger partial charge in [-0.2, -0.15) is 0 Å². The Kier molecular flexibility index (Phi) is 3.28. The highest BCUT2D eigenvalue weighted by molar-refractivity contribution is 6.26. The third kappa shape index (κ3) is 3.68. The second-order valence-electron chi connectivity index (χ2n) is 1.31. The maximum absolute atomic E-state index is 10.2. The van der Waals surface area contributed by atoms with Crippen molar-refractivity contribution in [3.05, 3.63) is 12.3 Å². The Hall–Kier alpha value is -0.500. The summed E-state index contributed by atoms with van der Waals surface area (Å²) in [6.45, 7) is 4.93. The van der Waals surface area contributed by atoms with E-state index >= 15 is 0 Å². The van der Waals surface area contributed by atoms with Gasteiger partial charge in [-0.1, -0.05) is 6.58 Å². The molecule has 0 saturated carbocycles. The van der Waals surface area contributed by atoms with Crippen molar-refractivity contribution in [1.82, 2.24) is 0 Å². The van der Waals surface area contributed by atoms with Gasteiger partial charge in [-0.15, -0.1) is 11.6 Å². The molecule has 0 aromatic rings. The molecular weight excluding hydrogens is 128 g/mol. The topological polar surface area (TPSA) is 26.3 Å². The Labute approximate surface area is 53.1 Å². The van der Waals surface area contributed by atoms with Crippen LogP contribution in [0.1, 0.15) is 6.92 Å². The molecule has 8 heavy (non-hydrogen) atoms. The lowest BCUT2D eigenvalue weighted by Crippen LogP contribution is -2.02. The minimum Gasteiger partial charge on any atom is -0.431 e. The summed E-state index contributed by atoms with van der Waals surface area (Å²) in [7, 11) is 0. The van der Waals surface area contributed by atoms with Crippen LogP contribution in [0.3, 0.4) is 0 Å². The van der Waals surface area contributed by atoms with Gasteiger partial charge in [0.25, 0.3) is 0 Å². The van der Waals surface area contributed by atoms with Crippen LogP contribution in [0.25, 0.3) is 0 Å². The van der Waals surface area contributed by atoms with E-state index in [-0.39, 0.29) is 5.88 Å². The van der Waals surface area contributed by atoms with Crippen LogP contribution in [0.4, 0.5) is 0 Å². The summed E-state index contributed by atoms with van der Waals surface area (Å²) in [5.74, 6) is -0.206. The van der Waals surface area contributed by atoms with Crippen molar-refractivity contribution < 1.29 is 9.53 Å². The van der Waals surface area contributed by atoms with Gasteiger partial charge in [0, 0.05) is 0 Å². The van der Waals surface area contributed by atoms with E-state index in [1.807, 2.05) is 0 Å². The highest BCUT2D eigenvalue weighted by Gasteiger charge is 1.96. The van der Waals surface area contributed by atoms with Crippen LogP contribution in [-0.4, -0.2) is 11.8 Å². The summed E-state index contributed by atoms with van der Waals surface area (Å²) in [6.07, 6.45) is 0. The van der Waals surface area contributed by atoms with E-state index in [1.165, 1.54) is 0 Å². The second kappa shape index (κ2) is 3.50. The minimum absolute atomic E-state index is 0.118. The van der Waals surface area contributed by atoms with E-state index in [2.05, 4.69) is 11.3 Å². The van der Waals surface area contributed by atoms with Crippen molar-refractivity contribution in [1.29, 1.82) is 0 Å². The third-order valence-electron chi connectivity index (χ3n) is 0.397. The fraction of sp³-hybridized carbons (Fsp3) is 0.400. The van der Waals surface area contributed by atoms with Crippen LogP contribution in [0, 0.1) is 0 Å². The number of esters is 1. The number of halogens is 1. The molecule has 0 bridgehead atoms. The molecule has 0 aliphatic rings. The van der Waals surface area contributed by atoms with Gasteiger partial charge in [0.05, 0.1) is 5.76 Å². The zero-order valence-electron chi connectivity index (χ0n) is 4.61. The van der Waals surface area contributed by atoms with E-state index in [4.69, 9.17) is 11.6 Å². The van der Waals surface area contributed by atoms with Crippen molar-refractivity contribution in [2.75, 3.05) is 5.88 Å². The zero-order chi connectivity index (χ0) is 6.57. The smallest absolute Gasteiger partial charge is 0.325 e. The fourth-order valence-corrected chi connectivity index (χ4v) is 0.276. The Morgan fingerprint density at radius 2 is 2.38 bits per heavy atom. The summed E-state index contributed by atoms with van der Waals surface area (Å²) in [4.78, 5) is 10.2. The largest absolute Gasteiger partial charge is 0.431 e. The predicted molar refractivity (Wildman–Crippen MR) is 31.6 cm³/mol. The third-order valence-corrected chi connectivity index (χ3v) is 0.615. The van der Waals surface area contributed by atoms with Crippen LogP contribution in [0.5, 0.6) is 0 Å². The maximum Gasteiger partial charge on any atom is 0.325 e. The first-order chi connectivity index (χ1) is 3.66. The summed E-state index contributed by atoms with van der Waals surface area (Å²) in [5.41, 5.74) is 0. The predicted octanol–water partition coefficient (Wildman–Crippen LogP) is 1.30. The lowest BCUT2D eigenvalue weighted by Gasteiger charge is -1.96. The first-order valence-corrected chi connectivity index (χ1v) is 2.62. The molecule has 0 heterocycles. The lowest BCUT2D eigenvalue weighted by molar-refractivity contribution is -0.136. The van der Waals surface area contributed by atoms with Gasteiger partial charge in [-0.3, -0.25) is 4.79 Å². The molecule has 0 amide bonds. The number of ether oxygens (including phenoxy) is 1. The van der Waals surface area contributed by atoms with Gasteiger partial charge >= 0.3 is 5.97 Å². The zero-order valence-corrected chi connectivity index (χ0v) is 5.36. The van der Waals surface area contributed by atoms with E-state index in [0.29, 0.717) is 5.76 Å². The monoisotopic (exact) mass is 134 g/mol. The van der Waals surface area contributed by atoms with Crippen molar-refractivity contribution in [2.24, 2.45) is 0 Å². The summed E-state index contributed by atoms with van der Waals surface area (Å²) >= 11 is 5.08. The van der Waals surface area contributed by atoms with Crippen LogP contribution in [0.2, 0.25) is 0 Å². The average Bonchev–Trinajstić information content (AvgIpc) is 1.65. The maximum atomic E-state index is 10.2. The molecule has 0 radical (unpaired) electrons. The van der Waals surface area contributed by atoms with Crippen molar-refractivity contribution >= 4 is 17.6 Å². The molecule has 0 spiro atoms. The standard InChI is InChI=1S/C5H7ClO2/c1-4(2)8-5(7)3-6/h1,3H2,2H3. The van der Waals surface area contributed by atoms with Crippen LogP contribution in [0.15, 0.2) is 12.3 Å². The Morgan fingerprint density at radius 3 is 2.50 bits per heavy atom. The van der Waals surface area contributed by atoms with Crippen LogP contribution >= 0.6 is 11.6 Å². The molecule has 0 atom stereocenters. The second-order valence-corrected chi connectivity index (χ2v) is 1.58. The molecule has 0 aromatic carbocycles. The number of hydrogen-bond donors (Lipinski definition) is 0. The summed E-state index contributed by atoms with van der Waals surface area (Å²) < 4.78 is 4.43. The molecule has 0 aliphatic heterocycles. The van der Waals surface area contributed by atoms with Gasteiger partial charge in [0.2, 0.25) is 0 Å². The van der Waals surface area contributed by atoms with Crippen LogP contribution < -0.4 is 0 Å². The average molecular weight is 135 g/mol. The van der Waals surface area contributed by atoms with E-state index < -0.39 is 5.97 Å². The van der Waals surface area contributed by atoms with Gasteiger partial charge in [-0.25, -0.2) is 0 Å². The SMILES string of the molecule is C=C(C)OC(=O)CCl. The molecule has 0 fully saturated rings. The molecule has 2 nitrogen and oxygen atoms in total. The van der Waals surface area contributed by atoms with Gasteiger partial charge < -0.3 is 4.74 Å². The summed E-state index contributed by atoms with van der Waals surface area (Å²) in [6, 6.07) is 0. The Bertz CT molecular complexity index is 109. The van der Waals surface area contributed by atoms with E-state index in [1.54, 1.807) is 6.92 Å². The summed E-state index contributed by atoms with van der Waals surface area (Å²) in [5, 5.41) is 0. The van der Waals surface area contributed by atoms with E-state index in [9.17, 15) is 4.79 Å². The molecule has 0 unspecified atom stereocenters. The number of carbonyl (C=O) groups excluding carboxylic acids is 1. The number of rotatable bonds is 2. The minimum atomic E-state index is -0.459. The normalized spacial score (nSPS) is 8.25. The molecule has 46 valence electrons. The number of allylic oxidation sites excluding steroid dienone is 1. The molecule has 0 rings (SSSR count). The number of hydrogen-bond acceptors (Lipinski definition) is 2. The highest BCUT2D eigenvalue weighted by atomic mass is 35.5. The first kappa shape index (κ1) is 7.50. The van der Waals surface area contributed by atoms with Gasteiger partial charge in [-0.05, 0) is 6.92 Å². The molecule has 0 aromatic heterocycles. The van der Waals surface area contributed by atoms with Crippen molar-refractivity contribution in [3.8, 4) is 0 Å². The quantitative estimate of drug-likeness (QED) is 0.323. The van der Waals surface area contributed by atoms with Crippen molar-refractivity contribution in [3.63, 3.8) is 0 Å². The molecule has 0 N–H and O–H groups in total. The lowest BCUT2D eigenvalue weighted by atomic mass is 10.6. The highest BCUT2D eigenvalue weighted by Crippen LogP contribution is 1.91. The Balaban J connectivity index is 3.40. The number of carbonyl (C=O) groups is 1. The molecule has 0 saturated heterocycles. The first-order valence-electron chi connectivity index (χ1n) is 2.09. The van der Waals surface area contributed by atoms with Crippen LogP contribution in [-0.2, 0) is 9.53 Å². The molecular formula is C5H7ClO2.